The zero-order chi connectivity index (χ0) is 16.9. The molecule has 0 saturated carbocycles. The van der Waals surface area contributed by atoms with Gasteiger partial charge in [0.15, 0.2) is 0 Å². The fraction of sp³-hybridized carbons (Fsp3) is 1.00. The van der Waals surface area contributed by atoms with Crippen LogP contribution in [0, 0.1) is 0 Å². The number of quaternary nitrogens is 1. The minimum Gasteiger partial charge on any atom is -0.445 e. The van der Waals surface area contributed by atoms with Crippen molar-refractivity contribution in [1.29, 1.82) is 0 Å². The van der Waals surface area contributed by atoms with Crippen LogP contribution in [0.15, 0.2) is 10.2 Å². The Morgan fingerprint density at radius 1 is 1.05 bits per heavy atom. The summed E-state index contributed by atoms with van der Waals surface area (Å²) in [6, 6.07) is 0. The standard InChI is InChI=1S/C5H12BF3N4.C4H10N4/c1-13(2,4-3-11-12-10)5-6(7,8)9;1-8(2)4-3-6-7-5/h3-5H2,1-2H3;3-4H2,1-2H3. The second-order valence-electron chi connectivity index (χ2n) is 5.26. The zero-order valence-electron chi connectivity index (χ0n) is 12.8. The minimum atomic E-state index is -4.78. The number of likely N-dealkylation sites (N-methyl/N-ethyl adjacent to an activating group) is 2. The summed E-state index contributed by atoms with van der Waals surface area (Å²) in [5, 5.41) is 6.54. The Bertz CT molecular complexity index is 372. The molecule has 0 aromatic heterocycles. The van der Waals surface area contributed by atoms with Gasteiger partial charge in [-0.05, 0) is 25.2 Å². The van der Waals surface area contributed by atoms with Gasteiger partial charge in [-0.15, -0.1) is 0 Å². The summed E-state index contributed by atoms with van der Waals surface area (Å²) in [5.74, 6) is 0. The molecule has 0 unspecified atom stereocenters. The molecule has 0 spiro atoms. The second-order valence-corrected chi connectivity index (χ2v) is 5.26. The van der Waals surface area contributed by atoms with Crippen molar-refractivity contribution in [3.05, 3.63) is 20.9 Å². The zero-order valence-corrected chi connectivity index (χ0v) is 12.8. The third-order valence-corrected chi connectivity index (χ3v) is 2.28. The van der Waals surface area contributed by atoms with E-state index >= 15 is 0 Å². The molecule has 0 rings (SSSR count). The van der Waals surface area contributed by atoms with Crippen molar-refractivity contribution < 1.29 is 17.4 Å². The molecule has 0 atom stereocenters. The van der Waals surface area contributed by atoms with E-state index < -0.39 is 13.4 Å². The molecule has 0 N–H and O–H groups in total. The highest BCUT2D eigenvalue weighted by Gasteiger charge is 2.32. The van der Waals surface area contributed by atoms with Crippen molar-refractivity contribution in [2.24, 2.45) is 10.2 Å². The van der Waals surface area contributed by atoms with Crippen LogP contribution < -0.4 is 0 Å². The summed E-state index contributed by atoms with van der Waals surface area (Å²) >= 11 is 0. The highest BCUT2D eigenvalue weighted by Crippen LogP contribution is 2.13. The van der Waals surface area contributed by atoms with Crippen molar-refractivity contribution in [1.82, 2.24) is 4.90 Å². The fourth-order valence-electron chi connectivity index (χ4n) is 1.30. The van der Waals surface area contributed by atoms with Gasteiger partial charge in [0, 0.05) is 22.9 Å². The first-order valence-corrected chi connectivity index (χ1v) is 6.23. The normalized spacial score (nSPS) is 11.0. The summed E-state index contributed by atoms with van der Waals surface area (Å²) < 4.78 is 35.8. The van der Waals surface area contributed by atoms with Gasteiger partial charge in [0.05, 0.1) is 33.6 Å². The van der Waals surface area contributed by atoms with E-state index in [0.717, 1.165) is 6.54 Å². The maximum Gasteiger partial charge on any atom is 0.531 e. The molecule has 0 heterocycles. The summed E-state index contributed by atoms with van der Waals surface area (Å²) in [6.45, 7) is -3.11. The van der Waals surface area contributed by atoms with Gasteiger partial charge < -0.3 is 22.3 Å². The van der Waals surface area contributed by atoms with Gasteiger partial charge in [0.2, 0.25) is 0 Å². The van der Waals surface area contributed by atoms with E-state index in [4.69, 9.17) is 11.1 Å². The van der Waals surface area contributed by atoms with Crippen LogP contribution in [0.1, 0.15) is 0 Å². The van der Waals surface area contributed by atoms with Crippen molar-refractivity contribution >= 4 is 6.98 Å². The predicted molar refractivity (Wildman–Crippen MR) is 77.5 cm³/mol. The molecule has 0 radical (unpaired) electrons. The Balaban J connectivity index is 0. The molecule has 0 amide bonds. The average Bonchev–Trinajstić information content (AvgIpc) is 2.26. The Morgan fingerprint density at radius 2 is 1.52 bits per heavy atom. The number of nitrogens with zero attached hydrogens (tertiary/aromatic N) is 8. The quantitative estimate of drug-likeness (QED) is 0.222. The van der Waals surface area contributed by atoms with E-state index in [2.05, 4.69) is 20.1 Å². The van der Waals surface area contributed by atoms with Crippen LogP contribution in [0.4, 0.5) is 12.9 Å². The van der Waals surface area contributed by atoms with Gasteiger partial charge >= 0.3 is 6.98 Å². The minimum absolute atomic E-state index is 0.0929. The molecule has 8 nitrogen and oxygen atoms in total. The Kier molecular flexibility index (Phi) is 11.5. The monoisotopic (exact) mass is 310 g/mol. The molecule has 0 bridgehead atoms. The molecule has 21 heavy (non-hydrogen) atoms. The highest BCUT2D eigenvalue weighted by atomic mass is 19.4. The number of rotatable bonds is 8. The molecule has 0 aliphatic rings. The Morgan fingerprint density at radius 3 is 1.90 bits per heavy atom. The smallest absolute Gasteiger partial charge is 0.445 e. The van der Waals surface area contributed by atoms with Gasteiger partial charge in [-0.2, -0.15) is 0 Å². The second kappa shape index (κ2) is 11.1. The largest absolute Gasteiger partial charge is 0.531 e. The van der Waals surface area contributed by atoms with E-state index in [9.17, 15) is 12.9 Å². The molecule has 0 saturated heterocycles. The van der Waals surface area contributed by atoms with Gasteiger partial charge in [-0.25, -0.2) is 0 Å². The van der Waals surface area contributed by atoms with E-state index in [1.165, 1.54) is 14.1 Å². The summed E-state index contributed by atoms with van der Waals surface area (Å²) in [6.07, 6.45) is -0.846. The first kappa shape index (κ1) is 21.7. The molecular formula is C9H22BF3N8. The van der Waals surface area contributed by atoms with Crippen LogP contribution in [0.25, 0.3) is 20.9 Å². The van der Waals surface area contributed by atoms with E-state index in [0.29, 0.717) is 6.54 Å². The number of halogens is 3. The molecule has 122 valence electrons. The van der Waals surface area contributed by atoms with Crippen LogP contribution in [-0.4, -0.2) is 77.2 Å². The van der Waals surface area contributed by atoms with Crippen LogP contribution in [-0.2, 0) is 0 Å². The Hall–Kier alpha value is -1.61. The molecule has 0 aromatic carbocycles. The lowest BCUT2D eigenvalue weighted by atomic mass is 9.90. The van der Waals surface area contributed by atoms with E-state index in [1.54, 1.807) is 0 Å². The topological polar surface area (TPSA) is 101 Å². The van der Waals surface area contributed by atoms with Gasteiger partial charge in [0.25, 0.3) is 0 Å². The number of hydrogen-bond donors (Lipinski definition) is 0. The van der Waals surface area contributed by atoms with Crippen LogP contribution >= 0.6 is 0 Å². The third-order valence-electron chi connectivity index (χ3n) is 2.28. The maximum absolute atomic E-state index is 12.0. The first-order chi connectivity index (χ1) is 9.54. The van der Waals surface area contributed by atoms with E-state index in [-0.39, 0.29) is 17.6 Å². The van der Waals surface area contributed by atoms with Crippen molar-refractivity contribution in [3.8, 4) is 0 Å². The summed E-state index contributed by atoms with van der Waals surface area (Å²) in [5.41, 5.74) is 15.7. The van der Waals surface area contributed by atoms with Gasteiger partial charge in [-0.1, -0.05) is 10.2 Å². The molecule has 0 aromatic rings. The van der Waals surface area contributed by atoms with Crippen LogP contribution in [0.5, 0.6) is 0 Å². The molecule has 0 aliphatic carbocycles. The van der Waals surface area contributed by atoms with Crippen LogP contribution in [0.2, 0.25) is 0 Å². The first-order valence-electron chi connectivity index (χ1n) is 6.23. The van der Waals surface area contributed by atoms with Crippen molar-refractivity contribution in [2.45, 2.75) is 0 Å². The molecule has 0 aliphatic heterocycles. The summed E-state index contributed by atoms with van der Waals surface area (Å²) in [4.78, 5) is 7.05. The maximum atomic E-state index is 12.0. The Labute approximate surface area is 122 Å². The lowest BCUT2D eigenvalue weighted by Crippen LogP contribution is -2.50. The SMILES string of the molecule is CN(C)CCN=[N+]=[N-].C[N+](C)(CCN=[N+]=[N-])C[B-](F)(F)F. The third kappa shape index (κ3) is 20.9. The summed E-state index contributed by atoms with van der Waals surface area (Å²) in [7, 11) is 6.80. The fourth-order valence-corrected chi connectivity index (χ4v) is 1.30. The molecule has 0 fully saturated rings. The van der Waals surface area contributed by atoms with E-state index in [1.807, 2.05) is 19.0 Å². The lowest BCUT2D eigenvalue weighted by Gasteiger charge is -2.33. The van der Waals surface area contributed by atoms with Crippen LogP contribution in [0.3, 0.4) is 0 Å². The highest BCUT2D eigenvalue weighted by molar-refractivity contribution is 6.58. The molecule has 12 heteroatoms. The molecular weight excluding hydrogens is 288 g/mol. The average molecular weight is 310 g/mol. The number of azide groups is 2. The van der Waals surface area contributed by atoms with Crippen molar-refractivity contribution in [2.75, 3.05) is 60.8 Å². The number of hydrogen-bond acceptors (Lipinski definition) is 3. The lowest BCUT2D eigenvalue weighted by molar-refractivity contribution is -0.880. The van der Waals surface area contributed by atoms with Gasteiger partial charge in [-0.3, -0.25) is 0 Å². The van der Waals surface area contributed by atoms with Crippen molar-refractivity contribution in [3.63, 3.8) is 0 Å². The predicted octanol–water partition coefficient (Wildman–Crippen LogP) is 2.62. The van der Waals surface area contributed by atoms with Gasteiger partial charge in [0.1, 0.15) is 0 Å².